The van der Waals surface area contributed by atoms with E-state index in [0.717, 1.165) is 6.26 Å². The van der Waals surface area contributed by atoms with E-state index in [1.807, 2.05) is 0 Å². The summed E-state index contributed by atoms with van der Waals surface area (Å²) in [7, 11) is -3.54. The molecular formula is C13H16N2O6S. The van der Waals surface area contributed by atoms with Gasteiger partial charge >= 0.3 is 12.1 Å². The summed E-state index contributed by atoms with van der Waals surface area (Å²) in [5.74, 6) is -0.416. The van der Waals surface area contributed by atoms with Crippen molar-refractivity contribution < 1.29 is 27.9 Å². The second-order valence-electron chi connectivity index (χ2n) is 5.01. The predicted octanol–water partition coefficient (Wildman–Crippen LogP) is 0.523. The van der Waals surface area contributed by atoms with Gasteiger partial charge in [0.15, 0.2) is 0 Å². The summed E-state index contributed by atoms with van der Waals surface area (Å²) in [5, 5.41) is 10.9. The fraction of sp³-hybridized carbons (Fsp3) is 0.385. The van der Waals surface area contributed by atoms with E-state index in [9.17, 15) is 18.0 Å². The average molecular weight is 328 g/mol. The lowest BCUT2D eigenvalue weighted by Gasteiger charge is -2.21. The molecule has 1 aliphatic heterocycles. The van der Waals surface area contributed by atoms with Gasteiger partial charge in [-0.2, -0.15) is 0 Å². The first-order valence-corrected chi connectivity index (χ1v) is 8.32. The number of hydrogen-bond donors (Lipinski definition) is 3. The molecule has 0 saturated carbocycles. The van der Waals surface area contributed by atoms with Gasteiger partial charge in [0.1, 0.15) is 6.61 Å². The van der Waals surface area contributed by atoms with Gasteiger partial charge in [-0.05, 0) is 24.1 Å². The third kappa shape index (κ3) is 3.55. The van der Waals surface area contributed by atoms with Crippen LogP contribution < -0.4 is 10.0 Å². The van der Waals surface area contributed by atoms with Crippen LogP contribution in [0, 0.1) is 6.92 Å². The van der Waals surface area contributed by atoms with Crippen LogP contribution >= 0.6 is 0 Å². The summed E-state index contributed by atoms with van der Waals surface area (Å²) in [6.07, 6.45) is -0.256. The van der Waals surface area contributed by atoms with E-state index in [-0.39, 0.29) is 13.2 Å². The number of ether oxygens (including phenoxy) is 1. The third-order valence-electron chi connectivity index (χ3n) is 3.40. The lowest BCUT2D eigenvalue weighted by Crippen LogP contribution is -2.37. The molecule has 8 nitrogen and oxygen atoms in total. The van der Waals surface area contributed by atoms with E-state index in [2.05, 4.69) is 10.0 Å². The van der Waals surface area contributed by atoms with Gasteiger partial charge in [0.25, 0.3) is 0 Å². The van der Waals surface area contributed by atoms with Crippen LogP contribution in [0.5, 0.6) is 0 Å². The quantitative estimate of drug-likeness (QED) is 0.678. The highest BCUT2D eigenvalue weighted by molar-refractivity contribution is 7.88. The molecule has 1 unspecified atom stereocenters. The molecule has 0 saturated heterocycles. The summed E-state index contributed by atoms with van der Waals surface area (Å²) in [6, 6.07) is 2.39. The van der Waals surface area contributed by atoms with E-state index in [0.29, 0.717) is 22.3 Å². The Bertz CT molecular complexity index is 728. The van der Waals surface area contributed by atoms with Crippen molar-refractivity contribution >= 4 is 22.1 Å². The number of sulfonamides is 1. The molecule has 1 aromatic carbocycles. The van der Waals surface area contributed by atoms with Crippen LogP contribution in [0.1, 0.15) is 33.1 Å². The van der Waals surface area contributed by atoms with Gasteiger partial charge in [-0.15, -0.1) is 0 Å². The SMILES string of the molecule is Cc1c(C(CNC(=O)O)NS(C)(=O)=O)ccc2c1COC2=O. The fourth-order valence-corrected chi connectivity index (χ4v) is 3.14. The summed E-state index contributed by atoms with van der Waals surface area (Å²) in [6.45, 7) is 1.75. The molecule has 1 amide bonds. The first kappa shape index (κ1) is 16.2. The molecule has 0 aromatic heterocycles. The Kier molecular flexibility index (Phi) is 4.38. The maximum Gasteiger partial charge on any atom is 0.404 e. The third-order valence-corrected chi connectivity index (χ3v) is 4.11. The van der Waals surface area contributed by atoms with Crippen molar-refractivity contribution in [1.29, 1.82) is 0 Å². The van der Waals surface area contributed by atoms with Gasteiger partial charge in [-0.25, -0.2) is 22.7 Å². The molecule has 0 radical (unpaired) electrons. The zero-order valence-electron chi connectivity index (χ0n) is 12.0. The minimum absolute atomic E-state index is 0.128. The second kappa shape index (κ2) is 5.93. The highest BCUT2D eigenvalue weighted by Gasteiger charge is 2.27. The van der Waals surface area contributed by atoms with Crippen LogP contribution in [0.3, 0.4) is 0 Å². The van der Waals surface area contributed by atoms with Crippen molar-refractivity contribution in [1.82, 2.24) is 10.0 Å². The molecule has 0 fully saturated rings. The molecule has 1 aliphatic rings. The van der Waals surface area contributed by atoms with E-state index in [1.165, 1.54) is 0 Å². The number of nitrogens with one attached hydrogen (secondary N) is 2. The van der Waals surface area contributed by atoms with Crippen molar-refractivity contribution in [2.24, 2.45) is 0 Å². The van der Waals surface area contributed by atoms with Crippen LogP contribution in [0.2, 0.25) is 0 Å². The van der Waals surface area contributed by atoms with Crippen LogP contribution in [0.4, 0.5) is 4.79 Å². The summed E-state index contributed by atoms with van der Waals surface area (Å²) in [4.78, 5) is 22.2. The van der Waals surface area contributed by atoms with Crippen LogP contribution in [0.15, 0.2) is 12.1 Å². The zero-order chi connectivity index (χ0) is 16.5. The number of carbonyl (C=O) groups excluding carboxylic acids is 1. The normalized spacial score (nSPS) is 15.1. The van der Waals surface area contributed by atoms with Gasteiger partial charge in [0.05, 0.1) is 17.9 Å². The molecule has 22 heavy (non-hydrogen) atoms. The number of carbonyl (C=O) groups is 2. The van der Waals surface area contributed by atoms with Crippen LogP contribution in [-0.4, -0.2) is 38.4 Å². The molecular weight excluding hydrogens is 312 g/mol. The smallest absolute Gasteiger partial charge is 0.404 e. The van der Waals surface area contributed by atoms with Crippen LogP contribution in [-0.2, 0) is 21.4 Å². The number of rotatable bonds is 5. The maximum atomic E-state index is 11.5. The van der Waals surface area contributed by atoms with Crippen molar-refractivity contribution in [3.05, 3.63) is 34.4 Å². The van der Waals surface area contributed by atoms with E-state index in [4.69, 9.17) is 9.84 Å². The largest absolute Gasteiger partial charge is 0.465 e. The van der Waals surface area contributed by atoms with Gasteiger partial charge in [0.2, 0.25) is 10.0 Å². The van der Waals surface area contributed by atoms with E-state index in [1.54, 1.807) is 19.1 Å². The Morgan fingerprint density at radius 2 is 2.14 bits per heavy atom. The monoisotopic (exact) mass is 328 g/mol. The van der Waals surface area contributed by atoms with Crippen molar-refractivity contribution in [3.8, 4) is 0 Å². The number of esters is 1. The number of carboxylic acid groups (broad SMARTS) is 1. The molecule has 1 heterocycles. The molecule has 1 atom stereocenters. The van der Waals surface area contributed by atoms with Crippen LogP contribution in [0.25, 0.3) is 0 Å². The lowest BCUT2D eigenvalue weighted by atomic mass is 9.94. The Morgan fingerprint density at radius 1 is 1.45 bits per heavy atom. The van der Waals surface area contributed by atoms with Gasteiger partial charge in [-0.1, -0.05) is 6.07 Å². The minimum Gasteiger partial charge on any atom is -0.465 e. The maximum absolute atomic E-state index is 11.5. The molecule has 0 bridgehead atoms. The molecule has 0 spiro atoms. The zero-order valence-corrected chi connectivity index (χ0v) is 12.9. The predicted molar refractivity (Wildman–Crippen MR) is 77.0 cm³/mol. The molecule has 1 aromatic rings. The number of amides is 1. The molecule has 2 rings (SSSR count). The number of fused-ring (bicyclic) bond motifs is 1. The number of benzene rings is 1. The second-order valence-corrected chi connectivity index (χ2v) is 6.79. The average Bonchev–Trinajstić information content (AvgIpc) is 2.76. The highest BCUT2D eigenvalue weighted by atomic mass is 32.2. The Balaban J connectivity index is 2.39. The lowest BCUT2D eigenvalue weighted by molar-refractivity contribution is 0.0535. The highest BCUT2D eigenvalue weighted by Crippen LogP contribution is 2.29. The number of cyclic esters (lactones) is 1. The summed E-state index contributed by atoms with van der Waals surface area (Å²) in [5.41, 5.74) is 2.44. The van der Waals surface area contributed by atoms with E-state index < -0.39 is 28.1 Å². The van der Waals surface area contributed by atoms with Gasteiger partial charge < -0.3 is 15.2 Å². The molecule has 3 N–H and O–H groups in total. The van der Waals surface area contributed by atoms with Crippen molar-refractivity contribution in [2.45, 2.75) is 19.6 Å². The summed E-state index contributed by atoms with van der Waals surface area (Å²) >= 11 is 0. The first-order chi connectivity index (χ1) is 10.2. The topological polar surface area (TPSA) is 122 Å². The summed E-state index contributed by atoms with van der Waals surface area (Å²) < 4.78 is 30.3. The van der Waals surface area contributed by atoms with Crippen molar-refractivity contribution in [3.63, 3.8) is 0 Å². The van der Waals surface area contributed by atoms with Gasteiger partial charge in [0, 0.05) is 12.1 Å². The molecule has 0 aliphatic carbocycles. The molecule has 9 heteroatoms. The number of hydrogen-bond acceptors (Lipinski definition) is 5. The standard InChI is InChI=1S/C13H16N2O6S/c1-7-8(3-4-9-10(7)6-21-12(9)16)11(5-14-13(17)18)15-22(2,19)20/h3-4,11,14-15H,5-6H2,1-2H3,(H,17,18). The van der Waals surface area contributed by atoms with Crippen molar-refractivity contribution in [2.75, 3.05) is 12.8 Å². The van der Waals surface area contributed by atoms with Gasteiger partial charge in [-0.3, -0.25) is 0 Å². The first-order valence-electron chi connectivity index (χ1n) is 6.42. The fourth-order valence-electron chi connectivity index (χ4n) is 2.41. The van der Waals surface area contributed by atoms with E-state index >= 15 is 0 Å². The Morgan fingerprint density at radius 3 is 2.73 bits per heavy atom. The molecule has 120 valence electrons. The Labute approximate surface area is 127 Å². The minimum atomic E-state index is -3.54. The Hall–Kier alpha value is -2.13.